The van der Waals surface area contributed by atoms with Gasteiger partial charge in [-0.05, 0) is 48.6 Å². The molecule has 26 heavy (non-hydrogen) atoms. The molecule has 0 spiro atoms. The number of benzene rings is 1. The quantitative estimate of drug-likeness (QED) is 0.859. The van der Waals surface area contributed by atoms with Gasteiger partial charge in [-0.2, -0.15) is 0 Å². The summed E-state index contributed by atoms with van der Waals surface area (Å²) < 4.78 is 0. The van der Waals surface area contributed by atoms with Crippen molar-refractivity contribution in [1.82, 2.24) is 9.97 Å². The second kappa shape index (κ2) is 7.47. The zero-order chi connectivity index (χ0) is 18.7. The summed E-state index contributed by atoms with van der Waals surface area (Å²) >= 11 is 0. The third kappa shape index (κ3) is 3.49. The topological polar surface area (TPSA) is 75.2 Å². The Hall–Kier alpha value is -3.02. The van der Waals surface area contributed by atoms with E-state index in [1.165, 1.54) is 12.4 Å². The lowest BCUT2D eigenvalue weighted by Crippen LogP contribution is -2.34. The normalized spacial score (nSPS) is 13.3. The van der Waals surface area contributed by atoms with Crippen LogP contribution < -0.4 is 10.2 Å². The standard InChI is InChI=1S/C20H22N4O2/c1-4-18(25)24-9-5-6-14-10-15(7-8-17(14)24)20(26)23-16-11-21-12-22-19(16)13(2)3/h4,7-8,10-13H,1,5-6,9H2,2-3H3,(H,23,26). The first-order valence-corrected chi connectivity index (χ1v) is 8.69. The largest absolute Gasteiger partial charge is 0.319 e. The van der Waals surface area contributed by atoms with Gasteiger partial charge in [0.15, 0.2) is 0 Å². The van der Waals surface area contributed by atoms with Gasteiger partial charge < -0.3 is 10.2 Å². The first-order valence-electron chi connectivity index (χ1n) is 8.69. The summed E-state index contributed by atoms with van der Waals surface area (Å²) in [7, 11) is 0. The van der Waals surface area contributed by atoms with Gasteiger partial charge in [0, 0.05) is 17.8 Å². The molecule has 1 aliphatic heterocycles. The Morgan fingerprint density at radius 3 is 2.88 bits per heavy atom. The molecular formula is C20H22N4O2. The van der Waals surface area contributed by atoms with Crippen molar-refractivity contribution in [2.45, 2.75) is 32.6 Å². The number of hydrogen-bond acceptors (Lipinski definition) is 4. The number of anilines is 2. The Morgan fingerprint density at radius 1 is 1.35 bits per heavy atom. The van der Waals surface area contributed by atoms with E-state index in [4.69, 9.17) is 0 Å². The summed E-state index contributed by atoms with van der Waals surface area (Å²) in [5.74, 6) is -0.155. The molecule has 2 heterocycles. The number of aromatic nitrogens is 2. The molecule has 6 heteroatoms. The van der Waals surface area contributed by atoms with Crippen LogP contribution in [-0.4, -0.2) is 28.3 Å². The zero-order valence-corrected chi connectivity index (χ0v) is 15.0. The van der Waals surface area contributed by atoms with Crippen LogP contribution in [0.2, 0.25) is 0 Å². The molecule has 0 unspecified atom stereocenters. The van der Waals surface area contributed by atoms with Crippen LogP contribution in [0, 0.1) is 0 Å². The number of carbonyl (C=O) groups excluding carboxylic acids is 2. The Labute approximate surface area is 153 Å². The first kappa shape index (κ1) is 17.8. The Morgan fingerprint density at radius 2 is 2.15 bits per heavy atom. The van der Waals surface area contributed by atoms with E-state index in [1.54, 1.807) is 17.2 Å². The summed E-state index contributed by atoms with van der Waals surface area (Å²) in [4.78, 5) is 34.7. The van der Waals surface area contributed by atoms with Crippen molar-refractivity contribution in [2.75, 3.05) is 16.8 Å². The van der Waals surface area contributed by atoms with Crippen molar-refractivity contribution in [3.8, 4) is 0 Å². The van der Waals surface area contributed by atoms with Gasteiger partial charge in [-0.3, -0.25) is 9.59 Å². The molecule has 1 N–H and O–H groups in total. The molecule has 0 atom stereocenters. The molecule has 134 valence electrons. The summed E-state index contributed by atoms with van der Waals surface area (Å²) in [6.45, 7) is 8.26. The van der Waals surface area contributed by atoms with Gasteiger partial charge in [0.05, 0.1) is 17.6 Å². The van der Waals surface area contributed by atoms with E-state index >= 15 is 0 Å². The lowest BCUT2D eigenvalue weighted by molar-refractivity contribution is -0.114. The fourth-order valence-electron chi connectivity index (χ4n) is 3.17. The summed E-state index contributed by atoms with van der Waals surface area (Å²) in [6, 6.07) is 5.42. The van der Waals surface area contributed by atoms with Gasteiger partial charge in [0.1, 0.15) is 6.33 Å². The van der Waals surface area contributed by atoms with E-state index in [1.807, 2.05) is 26.0 Å². The molecule has 3 rings (SSSR count). The highest BCUT2D eigenvalue weighted by molar-refractivity contribution is 6.06. The van der Waals surface area contributed by atoms with E-state index in [9.17, 15) is 9.59 Å². The van der Waals surface area contributed by atoms with Crippen LogP contribution in [0.25, 0.3) is 0 Å². The maximum absolute atomic E-state index is 12.7. The summed E-state index contributed by atoms with van der Waals surface area (Å²) in [5, 5.41) is 2.90. The van der Waals surface area contributed by atoms with Crippen molar-refractivity contribution in [2.24, 2.45) is 0 Å². The van der Waals surface area contributed by atoms with Crippen LogP contribution >= 0.6 is 0 Å². The molecule has 0 saturated heterocycles. The average Bonchev–Trinajstić information content (AvgIpc) is 2.66. The fraction of sp³-hybridized carbons (Fsp3) is 0.300. The number of nitrogens with one attached hydrogen (secondary N) is 1. The van der Waals surface area contributed by atoms with E-state index in [-0.39, 0.29) is 17.7 Å². The second-order valence-electron chi connectivity index (χ2n) is 6.57. The molecule has 2 amide bonds. The van der Waals surface area contributed by atoms with Crippen LogP contribution in [-0.2, 0) is 11.2 Å². The van der Waals surface area contributed by atoms with E-state index < -0.39 is 0 Å². The monoisotopic (exact) mass is 350 g/mol. The number of amides is 2. The lowest BCUT2D eigenvalue weighted by Gasteiger charge is -2.29. The number of fused-ring (bicyclic) bond motifs is 1. The molecule has 1 aromatic heterocycles. The molecule has 0 radical (unpaired) electrons. The van der Waals surface area contributed by atoms with E-state index in [0.29, 0.717) is 17.8 Å². The van der Waals surface area contributed by atoms with Crippen molar-refractivity contribution in [3.05, 3.63) is 60.2 Å². The minimum atomic E-state index is -0.211. The van der Waals surface area contributed by atoms with Gasteiger partial charge >= 0.3 is 0 Å². The molecular weight excluding hydrogens is 328 g/mol. The minimum Gasteiger partial charge on any atom is -0.319 e. The Bertz CT molecular complexity index is 861. The third-order valence-electron chi connectivity index (χ3n) is 4.44. The number of nitrogens with zero attached hydrogens (tertiary/aromatic N) is 3. The molecule has 0 fully saturated rings. The highest BCUT2D eigenvalue weighted by Crippen LogP contribution is 2.29. The smallest absolute Gasteiger partial charge is 0.255 e. The highest BCUT2D eigenvalue weighted by Gasteiger charge is 2.22. The van der Waals surface area contributed by atoms with E-state index in [2.05, 4.69) is 21.9 Å². The van der Waals surface area contributed by atoms with Gasteiger partial charge in [-0.1, -0.05) is 20.4 Å². The number of aryl methyl sites for hydroxylation is 1. The molecule has 1 aliphatic rings. The molecule has 1 aromatic carbocycles. The molecule has 0 saturated carbocycles. The van der Waals surface area contributed by atoms with Crippen molar-refractivity contribution >= 4 is 23.2 Å². The highest BCUT2D eigenvalue weighted by atomic mass is 16.2. The number of hydrogen-bond donors (Lipinski definition) is 1. The second-order valence-corrected chi connectivity index (χ2v) is 6.57. The molecule has 6 nitrogen and oxygen atoms in total. The zero-order valence-electron chi connectivity index (χ0n) is 15.0. The molecule has 0 bridgehead atoms. The van der Waals surface area contributed by atoms with Gasteiger partial charge in [-0.25, -0.2) is 9.97 Å². The SMILES string of the molecule is C=CC(=O)N1CCCc2cc(C(=O)Nc3cncnc3C(C)C)ccc21. The van der Waals surface area contributed by atoms with Crippen LogP contribution in [0.5, 0.6) is 0 Å². The van der Waals surface area contributed by atoms with Crippen molar-refractivity contribution in [1.29, 1.82) is 0 Å². The van der Waals surface area contributed by atoms with Crippen molar-refractivity contribution < 1.29 is 9.59 Å². The Balaban J connectivity index is 1.86. The summed E-state index contributed by atoms with van der Waals surface area (Å²) in [6.07, 6.45) is 6.11. The fourth-order valence-corrected chi connectivity index (χ4v) is 3.17. The maximum atomic E-state index is 12.7. The van der Waals surface area contributed by atoms with Crippen molar-refractivity contribution in [3.63, 3.8) is 0 Å². The third-order valence-corrected chi connectivity index (χ3v) is 4.44. The van der Waals surface area contributed by atoms with Gasteiger partial charge in [0.2, 0.25) is 5.91 Å². The summed E-state index contributed by atoms with van der Waals surface area (Å²) in [5.41, 5.74) is 3.81. The maximum Gasteiger partial charge on any atom is 0.255 e. The molecule has 2 aromatic rings. The Kier molecular flexibility index (Phi) is 5.11. The average molecular weight is 350 g/mol. The predicted octanol–water partition coefficient (Wildman–Crippen LogP) is 3.32. The predicted molar refractivity (Wildman–Crippen MR) is 101 cm³/mol. The van der Waals surface area contributed by atoms with Crippen LogP contribution in [0.3, 0.4) is 0 Å². The van der Waals surface area contributed by atoms with Gasteiger partial charge in [-0.15, -0.1) is 0 Å². The van der Waals surface area contributed by atoms with E-state index in [0.717, 1.165) is 29.8 Å². The first-order chi connectivity index (χ1) is 12.5. The minimum absolute atomic E-state index is 0.119. The van der Waals surface area contributed by atoms with Crippen LogP contribution in [0.15, 0.2) is 43.4 Å². The lowest BCUT2D eigenvalue weighted by atomic mass is 9.98. The number of rotatable bonds is 4. The van der Waals surface area contributed by atoms with Crippen LogP contribution in [0.1, 0.15) is 47.8 Å². The van der Waals surface area contributed by atoms with Gasteiger partial charge in [0.25, 0.3) is 5.91 Å². The number of carbonyl (C=O) groups is 2. The molecule has 0 aliphatic carbocycles. The van der Waals surface area contributed by atoms with Crippen LogP contribution in [0.4, 0.5) is 11.4 Å².